The molecule has 4 heteroatoms. The zero-order chi connectivity index (χ0) is 12.6. The lowest BCUT2D eigenvalue weighted by Crippen LogP contribution is -2.17. The third-order valence-corrected chi connectivity index (χ3v) is 3.48. The standard InChI is InChI=1S/C14H23N3O/c1-2-7-15-9-13-10-16-11-17-14(13)18-8-6-12-4-3-5-12/h10-12,15H,2-9H2,1H3. The van der Waals surface area contributed by atoms with Crippen LogP contribution in [-0.2, 0) is 6.54 Å². The topological polar surface area (TPSA) is 47.0 Å². The molecule has 0 spiro atoms. The van der Waals surface area contributed by atoms with Crippen LogP contribution in [0.5, 0.6) is 5.88 Å². The van der Waals surface area contributed by atoms with Crippen molar-refractivity contribution in [1.29, 1.82) is 0 Å². The minimum absolute atomic E-state index is 0.743. The average molecular weight is 249 g/mol. The Balaban J connectivity index is 1.77. The number of hydrogen-bond donors (Lipinski definition) is 1. The van der Waals surface area contributed by atoms with Gasteiger partial charge in [-0.3, -0.25) is 0 Å². The van der Waals surface area contributed by atoms with Crippen LogP contribution in [0.4, 0.5) is 0 Å². The molecule has 1 heterocycles. The Morgan fingerprint density at radius 2 is 2.33 bits per heavy atom. The summed E-state index contributed by atoms with van der Waals surface area (Å²) in [6.07, 6.45) is 9.83. The predicted molar refractivity (Wildman–Crippen MR) is 71.5 cm³/mol. The summed E-state index contributed by atoms with van der Waals surface area (Å²) in [6, 6.07) is 0. The van der Waals surface area contributed by atoms with Crippen molar-refractivity contribution < 1.29 is 4.74 Å². The molecule has 0 amide bonds. The SMILES string of the molecule is CCCNCc1cncnc1OCCC1CCC1. The van der Waals surface area contributed by atoms with Crippen LogP contribution in [0, 0.1) is 5.92 Å². The lowest BCUT2D eigenvalue weighted by Gasteiger charge is -2.25. The molecule has 18 heavy (non-hydrogen) atoms. The first kappa shape index (κ1) is 13.3. The third kappa shape index (κ3) is 3.95. The van der Waals surface area contributed by atoms with Crippen molar-refractivity contribution >= 4 is 0 Å². The van der Waals surface area contributed by atoms with E-state index in [1.165, 1.54) is 19.3 Å². The smallest absolute Gasteiger partial charge is 0.220 e. The van der Waals surface area contributed by atoms with E-state index in [0.29, 0.717) is 0 Å². The van der Waals surface area contributed by atoms with Gasteiger partial charge in [0.1, 0.15) is 6.33 Å². The van der Waals surface area contributed by atoms with Gasteiger partial charge in [-0.25, -0.2) is 9.97 Å². The van der Waals surface area contributed by atoms with Crippen LogP contribution in [0.3, 0.4) is 0 Å². The maximum absolute atomic E-state index is 5.78. The normalized spacial score (nSPS) is 15.4. The maximum atomic E-state index is 5.78. The third-order valence-electron chi connectivity index (χ3n) is 3.48. The molecule has 4 nitrogen and oxygen atoms in total. The number of ether oxygens (including phenoxy) is 1. The Hall–Kier alpha value is -1.16. The molecule has 1 aliphatic rings. The van der Waals surface area contributed by atoms with E-state index in [0.717, 1.165) is 49.9 Å². The molecular formula is C14H23N3O. The van der Waals surface area contributed by atoms with Crippen LogP contribution in [0.2, 0.25) is 0 Å². The van der Waals surface area contributed by atoms with Crippen LogP contribution in [-0.4, -0.2) is 23.1 Å². The van der Waals surface area contributed by atoms with E-state index in [9.17, 15) is 0 Å². The molecule has 0 atom stereocenters. The Morgan fingerprint density at radius 1 is 1.44 bits per heavy atom. The highest BCUT2D eigenvalue weighted by molar-refractivity contribution is 5.21. The van der Waals surface area contributed by atoms with Crippen LogP contribution >= 0.6 is 0 Å². The van der Waals surface area contributed by atoms with E-state index in [1.807, 2.05) is 6.20 Å². The quantitative estimate of drug-likeness (QED) is 0.719. The van der Waals surface area contributed by atoms with E-state index in [1.54, 1.807) is 6.33 Å². The molecule has 0 saturated heterocycles. The molecule has 2 rings (SSSR count). The van der Waals surface area contributed by atoms with Crippen LogP contribution < -0.4 is 10.1 Å². The molecule has 1 N–H and O–H groups in total. The first-order chi connectivity index (χ1) is 8.90. The Kier molecular flexibility index (Phi) is 5.39. The fraction of sp³-hybridized carbons (Fsp3) is 0.714. The number of nitrogens with zero attached hydrogens (tertiary/aromatic N) is 2. The second-order valence-electron chi connectivity index (χ2n) is 4.96. The Bertz CT molecular complexity index is 353. The van der Waals surface area contributed by atoms with Gasteiger partial charge in [-0.15, -0.1) is 0 Å². The van der Waals surface area contributed by atoms with Gasteiger partial charge in [-0.05, 0) is 25.3 Å². The number of rotatable bonds is 8. The lowest BCUT2D eigenvalue weighted by molar-refractivity contribution is 0.215. The highest BCUT2D eigenvalue weighted by atomic mass is 16.5. The zero-order valence-corrected chi connectivity index (χ0v) is 11.2. The summed E-state index contributed by atoms with van der Waals surface area (Å²) >= 11 is 0. The van der Waals surface area contributed by atoms with Crippen molar-refractivity contribution in [2.24, 2.45) is 5.92 Å². The van der Waals surface area contributed by atoms with E-state index < -0.39 is 0 Å². The molecule has 0 unspecified atom stereocenters. The minimum Gasteiger partial charge on any atom is -0.477 e. The van der Waals surface area contributed by atoms with Crippen molar-refractivity contribution in [2.45, 2.75) is 45.6 Å². The number of hydrogen-bond acceptors (Lipinski definition) is 4. The van der Waals surface area contributed by atoms with Crippen LogP contribution in [0.1, 0.15) is 44.6 Å². The molecular weight excluding hydrogens is 226 g/mol. The van der Waals surface area contributed by atoms with Gasteiger partial charge in [-0.2, -0.15) is 0 Å². The maximum Gasteiger partial charge on any atom is 0.220 e. The van der Waals surface area contributed by atoms with Gasteiger partial charge < -0.3 is 10.1 Å². The highest BCUT2D eigenvalue weighted by Crippen LogP contribution is 2.29. The number of nitrogens with one attached hydrogen (secondary N) is 1. The molecule has 1 fully saturated rings. The molecule has 1 aliphatic carbocycles. The summed E-state index contributed by atoms with van der Waals surface area (Å²) < 4.78 is 5.78. The summed E-state index contributed by atoms with van der Waals surface area (Å²) in [5, 5.41) is 3.35. The lowest BCUT2D eigenvalue weighted by atomic mass is 9.83. The Labute approximate surface area is 109 Å². The van der Waals surface area contributed by atoms with Gasteiger partial charge >= 0.3 is 0 Å². The number of aromatic nitrogens is 2. The van der Waals surface area contributed by atoms with Gasteiger partial charge in [0.2, 0.25) is 5.88 Å². The Morgan fingerprint density at radius 3 is 3.06 bits per heavy atom. The van der Waals surface area contributed by atoms with Crippen LogP contribution in [0.15, 0.2) is 12.5 Å². The molecule has 100 valence electrons. The van der Waals surface area contributed by atoms with Crippen molar-refractivity contribution in [2.75, 3.05) is 13.2 Å². The molecule has 0 bridgehead atoms. The monoisotopic (exact) mass is 249 g/mol. The van der Waals surface area contributed by atoms with Gasteiger partial charge in [0.05, 0.1) is 6.61 Å². The molecule has 0 aromatic carbocycles. The average Bonchev–Trinajstić information content (AvgIpc) is 2.34. The molecule has 0 aliphatic heterocycles. The van der Waals surface area contributed by atoms with Crippen molar-refractivity contribution in [3.63, 3.8) is 0 Å². The highest BCUT2D eigenvalue weighted by Gasteiger charge is 2.17. The zero-order valence-electron chi connectivity index (χ0n) is 11.2. The second-order valence-corrected chi connectivity index (χ2v) is 4.96. The molecule has 1 aromatic heterocycles. The second kappa shape index (κ2) is 7.31. The van der Waals surface area contributed by atoms with E-state index >= 15 is 0 Å². The molecule has 1 saturated carbocycles. The van der Waals surface area contributed by atoms with Gasteiger partial charge in [0.25, 0.3) is 0 Å². The van der Waals surface area contributed by atoms with E-state index in [-0.39, 0.29) is 0 Å². The largest absolute Gasteiger partial charge is 0.477 e. The summed E-state index contributed by atoms with van der Waals surface area (Å²) in [7, 11) is 0. The first-order valence-corrected chi connectivity index (χ1v) is 7.02. The molecule has 1 aromatic rings. The van der Waals surface area contributed by atoms with Crippen molar-refractivity contribution in [3.05, 3.63) is 18.1 Å². The fourth-order valence-electron chi connectivity index (χ4n) is 2.10. The van der Waals surface area contributed by atoms with Crippen molar-refractivity contribution in [1.82, 2.24) is 15.3 Å². The summed E-state index contributed by atoms with van der Waals surface area (Å²) in [6.45, 7) is 4.73. The first-order valence-electron chi connectivity index (χ1n) is 7.02. The summed E-state index contributed by atoms with van der Waals surface area (Å²) in [5.74, 6) is 1.63. The summed E-state index contributed by atoms with van der Waals surface area (Å²) in [5.41, 5.74) is 1.06. The van der Waals surface area contributed by atoms with Crippen molar-refractivity contribution in [3.8, 4) is 5.88 Å². The fourth-order valence-corrected chi connectivity index (χ4v) is 2.10. The van der Waals surface area contributed by atoms with E-state index in [4.69, 9.17) is 4.74 Å². The van der Waals surface area contributed by atoms with Crippen LogP contribution in [0.25, 0.3) is 0 Å². The molecule has 0 radical (unpaired) electrons. The van der Waals surface area contributed by atoms with Gasteiger partial charge in [0.15, 0.2) is 0 Å². The predicted octanol–water partition coefficient (Wildman–Crippen LogP) is 2.55. The van der Waals surface area contributed by atoms with Gasteiger partial charge in [0, 0.05) is 18.3 Å². The van der Waals surface area contributed by atoms with Gasteiger partial charge in [-0.1, -0.05) is 26.2 Å². The summed E-state index contributed by atoms with van der Waals surface area (Å²) in [4.78, 5) is 8.29. The van der Waals surface area contributed by atoms with E-state index in [2.05, 4.69) is 22.2 Å². The minimum atomic E-state index is 0.743.